The standard InChI is InChI=1S/C19H16Cl4N2O2/c20-13-1-3-15(16(22)9-13)19(11-25-6-5-24-12-25)27-8-7-26-18-4-2-14(21)10-17(18)23/h1-6,9-10,12,19H,7-8,11H2. The fourth-order valence-electron chi connectivity index (χ4n) is 2.52. The van der Waals surface area contributed by atoms with Gasteiger partial charge in [0.25, 0.3) is 0 Å². The predicted molar refractivity (Wildman–Crippen MR) is 109 cm³/mol. The van der Waals surface area contributed by atoms with Gasteiger partial charge >= 0.3 is 0 Å². The van der Waals surface area contributed by atoms with Gasteiger partial charge in [0.05, 0.1) is 24.5 Å². The number of benzene rings is 2. The number of rotatable bonds is 8. The monoisotopic (exact) mass is 444 g/mol. The van der Waals surface area contributed by atoms with E-state index in [9.17, 15) is 0 Å². The van der Waals surface area contributed by atoms with Crippen molar-refractivity contribution in [2.45, 2.75) is 12.6 Å². The molecule has 2 aromatic carbocycles. The maximum Gasteiger partial charge on any atom is 0.138 e. The Balaban J connectivity index is 1.64. The molecule has 8 heteroatoms. The highest BCUT2D eigenvalue weighted by atomic mass is 35.5. The first-order valence-electron chi connectivity index (χ1n) is 8.13. The lowest BCUT2D eigenvalue weighted by molar-refractivity contribution is 0.0227. The van der Waals surface area contributed by atoms with Crippen molar-refractivity contribution in [1.29, 1.82) is 0 Å². The zero-order valence-corrected chi connectivity index (χ0v) is 17.1. The van der Waals surface area contributed by atoms with Gasteiger partial charge < -0.3 is 14.0 Å². The van der Waals surface area contributed by atoms with E-state index in [1.54, 1.807) is 42.9 Å². The van der Waals surface area contributed by atoms with Gasteiger partial charge in [-0.25, -0.2) is 4.98 Å². The van der Waals surface area contributed by atoms with Crippen LogP contribution in [0.4, 0.5) is 0 Å². The van der Waals surface area contributed by atoms with Crippen molar-refractivity contribution in [2.75, 3.05) is 13.2 Å². The zero-order valence-electron chi connectivity index (χ0n) is 14.1. The van der Waals surface area contributed by atoms with Gasteiger partial charge in [-0.3, -0.25) is 0 Å². The van der Waals surface area contributed by atoms with Gasteiger partial charge in [0.15, 0.2) is 0 Å². The molecule has 0 amide bonds. The molecular formula is C19H16Cl4N2O2. The molecule has 0 aliphatic heterocycles. The van der Waals surface area contributed by atoms with Gasteiger partial charge in [-0.2, -0.15) is 0 Å². The lowest BCUT2D eigenvalue weighted by Crippen LogP contribution is -2.16. The van der Waals surface area contributed by atoms with Crippen LogP contribution in [-0.4, -0.2) is 22.8 Å². The summed E-state index contributed by atoms with van der Waals surface area (Å²) in [5, 5.41) is 2.14. The third-order valence-electron chi connectivity index (χ3n) is 3.80. The van der Waals surface area contributed by atoms with E-state index >= 15 is 0 Å². The lowest BCUT2D eigenvalue weighted by atomic mass is 10.1. The summed E-state index contributed by atoms with van der Waals surface area (Å²) in [5.74, 6) is 0.556. The molecule has 0 aliphatic rings. The van der Waals surface area contributed by atoms with Crippen LogP contribution < -0.4 is 4.74 Å². The average molecular weight is 446 g/mol. The summed E-state index contributed by atoms with van der Waals surface area (Å²) in [7, 11) is 0. The van der Waals surface area contributed by atoms with Crippen LogP contribution in [-0.2, 0) is 11.3 Å². The SMILES string of the molecule is Clc1ccc(OCCOC(Cn2ccnc2)c2ccc(Cl)cc2Cl)c(Cl)c1. The maximum atomic E-state index is 6.36. The Hall–Kier alpha value is -1.43. The maximum absolute atomic E-state index is 6.36. The van der Waals surface area contributed by atoms with Gasteiger partial charge in [0, 0.05) is 33.0 Å². The van der Waals surface area contributed by atoms with Crippen LogP contribution in [0, 0.1) is 0 Å². The zero-order chi connectivity index (χ0) is 19.2. The molecule has 0 radical (unpaired) electrons. The summed E-state index contributed by atoms with van der Waals surface area (Å²) in [6, 6.07) is 10.4. The molecule has 0 saturated carbocycles. The molecule has 3 aromatic rings. The summed E-state index contributed by atoms with van der Waals surface area (Å²) in [6.45, 7) is 1.23. The number of hydrogen-bond acceptors (Lipinski definition) is 3. The first-order chi connectivity index (χ1) is 13.0. The Morgan fingerprint density at radius 2 is 1.67 bits per heavy atom. The molecule has 0 N–H and O–H groups in total. The molecule has 0 aliphatic carbocycles. The van der Waals surface area contributed by atoms with Crippen molar-refractivity contribution in [3.8, 4) is 5.75 Å². The van der Waals surface area contributed by atoms with Crippen molar-refractivity contribution in [3.05, 3.63) is 80.8 Å². The second kappa shape index (κ2) is 9.67. The van der Waals surface area contributed by atoms with Crippen molar-refractivity contribution in [3.63, 3.8) is 0 Å². The van der Waals surface area contributed by atoms with Crippen LogP contribution >= 0.6 is 46.4 Å². The van der Waals surface area contributed by atoms with E-state index < -0.39 is 0 Å². The van der Waals surface area contributed by atoms with Gasteiger partial charge in [-0.05, 0) is 30.3 Å². The Kier molecular flexibility index (Phi) is 7.27. The summed E-state index contributed by atoms with van der Waals surface area (Å²) < 4.78 is 13.6. The fraction of sp³-hybridized carbons (Fsp3) is 0.211. The molecule has 0 saturated heterocycles. The molecule has 27 heavy (non-hydrogen) atoms. The molecule has 3 rings (SSSR count). The van der Waals surface area contributed by atoms with Crippen LogP contribution in [0.15, 0.2) is 55.1 Å². The normalized spacial score (nSPS) is 12.1. The Morgan fingerprint density at radius 1 is 0.926 bits per heavy atom. The van der Waals surface area contributed by atoms with Crippen molar-refractivity contribution < 1.29 is 9.47 Å². The molecule has 1 heterocycles. The highest BCUT2D eigenvalue weighted by Gasteiger charge is 2.17. The largest absolute Gasteiger partial charge is 0.490 e. The molecule has 142 valence electrons. The number of halogens is 4. The number of hydrogen-bond donors (Lipinski definition) is 0. The highest BCUT2D eigenvalue weighted by molar-refractivity contribution is 6.35. The first kappa shape index (κ1) is 20.3. The number of aromatic nitrogens is 2. The van der Waals surface area contributed by atoms with E-state index in [1.807, 2.05) is 16.8 Å². The van der Waals surface area contributed by atoms with E-state index in [0.717, 1.165) is 5.56 Å². The smallest absolute Gasteiger partial charge is 0.138 e. The fourth-order valence-corrected chi connectivity index (χ4v) is 3.52. The molecule has 1 aromatic heterocycles. The van der Waals surface area contributed by atoms with E-state index in [1.165, 1.54) is 0 Å². The van der Waals surface area contributed by atoms with E-state index in [4.69, 9.17) is 55.9 Å². The van der Waals surface area contributed by atoms with Crippen molar-refractivity contribution >= 4 is 46.4 Å². The van der Waals surface area contributed by atoms with Crippen molar-refractivity contribution in [2.24, 2.45) is 0 Å². The van der Waals surface area contributed by atoms with Gasteiger partial charge in [-0.15, -0.1) is 0 Å². The molecule has 1 atom stereocenters. The van der Waals surface area contributed by atoms with Crippen molar-refractivity contribution in [1.82, 2.24) is 9.55 Å². The molecular weight excluding hydrogens is 430 g/mol. The van der Waals surface area contributed by atoms with Gasteiger partial charge in [0.2, 0.25) is 0 Å². The quantitative estimate of drug-likeness (QED) is 0.380. The van der Waals surface area contributed by atoms with Crippen LogP contribution in [0.2, 0.25) is 20.1 Å². The molecule has 0 spiro atoms. The number of ether oxygens (including phenoxy) is 2. The minimum atomic E-state index is -0.284. The Morgan fingerprint density at radius 3 is 2.33 bits per heavy atom. The van der Waals surface area contributed by atoms with Gasteiger partial charge in [-0.1, -0.05) is 52.5 Å². The molecule has 0 bridgehead atoms. The minimum absolute atomic E-state index is 0.284. The highest BCUT2D eigenvalue weighted by Crippen LogP contribution is 2.30. The van der Waals surface area contributed by atoms with Crippen LogP contribution in [0.1, 0.15) is 11.7 Å². The first-order valence-corrected chi connectivity index (χ1v) is 9.64. The Labute approximate surface area is 177 Å². The van der Waals surface area contributed by atoms with E-state index in [0.29, 0.717) is 45.6 Å². The third-order valence-corrected chi connectivity index (χ3v) is 4.89. The Bertz CT molecular complexity index is 887. The molecule has 1 unspecified atom stereocenters. The van der Waals surface area contributed by atoms with Gasteiger partial charge in [0.1, 0.15) is 18.5 Å². The average Bonchev–Trinajstić information content (AvgIpc) is 3.12. The molecule has 0 fully saturated rings. The van der Waals surface area contributed by atoms with E-state index in [2.05, 4.69) is 4.98 Å². The van der Waals surface area contributed by atoms with Crippen LogP contribution in [0.5, 0.6) is 5.75 Å². The summed E-state index contributed by atoms with van der Waals surface area (Å²) in [5.41, 5.74) is 0.847. The van der Waals surface area contributed by atoms with Crippen LogP contribution in [0.3, 0.4) is 0 Å². The number of imidazole rings is 1. The third kappa shape index (κ3) is 5.77. The topological polar surface area (TPSA) is 36.3 Å². The number of nitrogens with zero attached hydrogens (tertiary/aromatic N) is 2. The summed E-state index contributed by atoms with van der Waals surface area (Å²) >= 11 is 24.4. The summed E-state index contributed by atoms with van der Waals surface area (Å²) in [4.78, 5) is 4.06. The lowest BCUT2D eigenvalue weighted by Gasteiger charge is -2.20. The predicted octanol–water partition coefficient (Wildman–Crippen LogP) is 6.33. The van der Waals surface area contributed by atoms with E-state index in [-0.39, 0.29) is 6.10 Å². The van der Waals surface area contributed by atoms with Crippen LogP contribution in [0.25, 0.3) is 0 Å². The second-order valence-corrected chi connectivity index (χ2v) is 7.40. The minimum Gasteiger partial charge on any atom is -0.490 e. The molecule has 4 nitrogen and oxygen atoms in total. The summed E-state index contributed by atoms with van der Waals surface area (Å²) in [6.07, 6.45) is 5.02. The second-order valence-electron chi connectivity index (χ2n) is 5.71.